The first-order chi connectivity index (χ1) is 12.6. The first-order valence-corrected chi connectivity index (χ1v) is 10.1. The van der Waals surface area contributed by atoms with Crippen LogP contribution in [-0.4, -0.2) is 16.2 Å². The van der Waals surface area contributed by atoms with Gasteiger partial charge in [0.05, 0.1) is 0 Å². The van der Waals surface area contributed by atoms with Crippen LogP contribution >= 0.6 is 0 Å². The van der Waals surface area contributed by atoms with Gasteiger partial charge in [-0.05, 0) is 29.9 Å². The van der Waals surface area contributed by atoms with E-state index in [1.165, 1.54) is 57.8 Å². The maximum absolute atomic E-state index is 11.4. The van der Waals surface area contributed by atoms with Gasteiger partial charge in [0.25, 0.3) is 0 Å². The number of carbonyl (C=O) groups is 1. The zero-order chi connectivity index (χ0) is 18.8. The Kier molecular flexibility index (Phi) is 8.46. The van der Waals surface area contributed by atoms with Gasteiger partial charge in [0.2, 0.25) is 0 Å². The summed E-state index contributed by atoms with van der Waals surface area (Å²) < 4.78 is 0. The molecule has 0 radical (unpaired) electrons. The summed E-state index contributed by atoms with van der Waals surface area (Å²) >= 11 is 0. The summed E-state index contributed by atoms with van der Waals surface area (Å²) in [5.41, 5.74) is 1.03. The van der Waals surface area contributed by atoms with Gasteiger partial charge in [0.1, 0.15) is 11.3 Å². The second kappa shape index (κ2) is 10.8. The van der Waals surface area contributed by atoms with Gasteiger partial charge in [0.15, 0.2) is 0 Å². The van der Waals surface area contributed by atoms with Crippen LogP contribution in [0.5, 0.6) is 5.75 Å². The minimum absolute atomic E-state index is 0.00535. The van der Waals surface area contributed by atoms with Crippen molar-refractivity contribution in [3.05, 3.63) is 41.5 Å². The molecular weight excluding hydrogens is 324 g/mol. The van der Waals surface area contributed by atoms with Gasteiger partial charge in [-0.2, -0.15) is 0 Å². The van der Waals surface area contributed by atoms with E-state index < -0.39 is 5.97 Å². The van der Waals surface area contributed by atoms with E-state index in [0.717, 1.165) is 23.8 Å². The van der Waals surface area contributed by atoms with E-state index in [4.69, 9.17) is 0 Å². The molecule has 142 valence electrons. The van der Waals surface area contributed by atoms with E-state index in [-0.39, 0.29) is 11.3 Å². The molecule has 0 aliphatic heterocycles. The molecule has 0 aromatic heterocycles. The highest BCUT2D eigenvalue weighted by atomic mass is 16.4. The van der Waals surface area contributed by atoms with E-state index in [1.54, 1.807) is 12.1 Å². The van der Waals surface area contributed by atoms with Crippen LogP contribution in [0.1, 0.15) is 87.1 Å². The molecule has 0 saturated carbocycles. The van der Waals surface area contributed by atoms with Crippen molar-refractivity contribution >= 4 is 16.7 Å². The van der Waals surface area contributed by atoms with E-state index in [1.807, 2.05) is 18.2 Å². The standard InChI is InChI=1S/C23H32O3/c1-2-3-4-5-6-7-8-9-10-11-14-18-17-21(23(25)26)22(24)20-16-13-12-15-19(18)20/h12-13,15-17,24H,2-11,14H2,1H3,(H,25,26). The number of rotatable bonds is 12. The Hall–Kier alpha value is -2.03. The summed E-state index contributed by atoms with van der Waals surface area (Å²) in [6.45, 7) is 2.25. The zero-order valence-corrected chi connectivity index (χ0v) is 16.0. The van der Waals surface area contributed by atoms with E-state index >= 15 is 0 Å². The lowest BCUT2D eigenvalue weighted by atomic mass is 9.95. The van der Waals surface area contributed by atoms with E-state index in [9.17, 15) is 15.0 Å². The second-order valence-electron chi connectivity index (χ2n) is 7.21. The Bertz CT molecular complexity index is 706. The van der Waals surface area contributed by atoms with Crippen molar-refractivity contribution in [3.63, 3.8) is 0 Å². The van der Waals surface area contributed by atoms with Crippen LogP contribution in [0.25, 0.3) is 10.8 Å². The number of benzene rings is 2. The van der Waals surface area contributed by atoms with Crippen molar-refractivity contribution in [3.8, 4) is 5.75 Å². The fourth-order valence-electron chi connectivity index (χ4n) is 3.61. The molecule has 3 heteroatoms. The number of aromatic hydroxyl groups is 1. The van der Waals surface area contributed by atoms with Gasteiger partial charge in [-0.15, -0.1) is 0 Å². The van der Waals surface area contributed by atoms with Crippen molar-refractivity contribution < 1.29 is 15.0 Å². The number of carboxylic acids is 1. The molecular formula is C23H32O3. The van der Waals surface area contributed by atoms with Crippen molar-refractivity contribution in [2.45, 2.75) is 77.6 Å². The Labute approximate surface area is 157 Å². The lowest BCUT2D eigenvalue weighted by Gasteiger charge is -2.11. The van der Waals surface area contributed by atoms with Gasteiger partial charge in [0, 0.05) is 5.39 Å². The number of unbranched alkanes of at least 4 members (excludes halogenated alkanes) is 9. The number of fused-ring (bicyclic) bond motifs is 1. The van der Waals surface area contributed by atoms with Crippen molar-refractivity contribution in [1.82, 2.24) is 0 Å². The summed E-state index contributed by atoms with van der Waals surface area (Å²) in [4.78, 5) is 11.4. The molecule has 0 bridgehead atoms. The Morgan fingerprint density at radius 1 is 0.846 bits per heavy atom. The van der Waals surface area contributed by atoms with Gasteiger partial charge >= 0.3 is 5.97 Å². The Morgan fingerprint density at radius 2 is 1.38 bits per heavy atom. The van der Waals surface area contributed by atoms with Gasteiger partial charge in [-0.3, -0.25) is 0 Å². The Morgan fingerprint density at radius 3 is 1.96 bits per heavy atom. The third-order valence-corrected chi connectivity index (χ3v) is 5.13. The number of aromatic carboxylic acids is 1. The smallest absolute Gasteiger partial charge is 0.339 e. The maximum Gasteiger partial charge on any atom is 0.339 e. The van der Waals surface area contributed by atoms with Crippen LogP contribution in [0.15, 0.2) is 30.3 Å². The van der Waals surface area contributed by atoms with Crippen molar-refractivity contribution in [2.24, 2.45) is 0 Å². The van der Waals surface area contributed by atoms with Gasteiger partial charge in [-0.25, -0.2) is 4.79 Å². The first-order valence-electron chi connectivity index (χ1n) is 10.1. The fourth-order valence-corrected chi connectivity index (χ4v) is 3.61. The molecule has 2 aromatic rings. The van der Waals surface area contributed by atoms with E-state index in [0.29, 0.717) is 5.39 Å². The lowest BCUT2D eigenvalue weighted by molar-refractivity contribution is 0.0694. The summed E-state index contributed by atoms with van der Waals surface area (Å²) in [5, 5.41) is 21.1. The summed E-state index contributed by atoms with van der Waals surface area (Å²) in [6, 6.07) is 9.17. The molecule has 2 N–H and O–H groups in total. The summed E-state index contributed by atoms with van der Waals surface area (Å²) in [6.07, 6.45) is 13.7. The number of hydrogen-bond donors (Lipinski definition) is 2. The molecule has 0 unspecified atom stereocenters. The number of hydrogen-bond acceptors (Lipinski definition) is 2. The molecule has 0 spiro atoms. The third kappa shape index (κ3) is 5.76. The number of phenols is 1. The number of aryl methyl sites for hydroxylation is 1. The molecule has 0 amide bonds. The highest BCUT2D eigenvalue weighted by Crippen LogP contribution is 2.32. The van der Waals surface area contributed by atoms with Crippen LogP contribution < -0.4 is 0 Å². The zero-order valence-electron chi connectivity index (χ0n) is 16.0. The van der Waals surface area contributed by atoms with Crippen LogP contribution in [0, 0.1) is 0 Å². The molecule has 0 atom stereocenters. The largest absolute Gasteiger partial charge is 0.506 e. The minimum Gasteiger partial charge on any atom is -0.506 e. The summed E-state index contributed by atoms with van der Waals surface area (Å²) in [5.74, 6) is -1.20. The molecule has 0 heterocycles. The van der Waals surface area contributed by atoms with Gasteiger partial charge in [-0.1, -0.05) is 89.0 Å². The maximum atomic E-state index is 11.4. The molecule has 2 rings (SSSR count). The monoisotopic (exact) mass is 356 g/mol. The second-order valence-corrected chi connectivity index (χ2v) is 7.21. The molecule has 2 aromatic carbocycles. The van der Waals surface area contributed by atoms with Crippen molar-refractivity contribution in [1.29, 1.82) is 0 Å². The molecule has 0 saturated heterocycles. The minimum atomic E-state index is -1.07. The highest BCUT2D eigenvalue weighted by molar-refractivity contribution is 6.01. The molecule has 26 heavy (non-hydrogen) atoms. The fraction of sp³-hybridized carbons (Fsp3) is 0.522. The SMILES string of the molecule is CCCCCCCCCCCCc1cc(C(=O)O)c(O)c2ccccc12. The molecule has 0 aliphatic rings. The normalized spacial score (nSPS) is 11.1. The van der Waals surface area contributed by atoms with E-state index in [2.05, 4.69) is 6.92 Å². The highest BCUT2D eigenvalue weighted by Gasteiger charge is 2.15. The molecule has 0 fully saturated rings. The third-order valence-electron chi connectivity index (χ3n) is 5.13. The van der Waals surface area contributed by atoms with Crippen molar-refractivity contribution in [2.75, 3.05) is 0 Å². The average Bonchev–Trinajstić information content (AvgIpc) is 2.64. The predicted molar refractivity (Wildman–Crippen MR) is 108 cm³/mol. The van der Waals surface area contributed by atoms with Crippen LogP contribution in [0.3, 0.4) is 0 Å². The van der Waals surface area contributed by atoms with Crippen LogP contribution in [0.2, 0.25) is 0 Å². The first kappa shape index (κ1) is 20.3. The topological polar surface area (TPSA) is 57.5 Å². The average molecular weight is 357 g/mol. The van der Waals surface area contributed by atoms with Crippen LogP contribution in [0.4, 0.5) is 0 Å². The summed E-state index contributed by atoms with van der Waals surface area (Å²) in [7, 11) is 0. The number of carboxylic acid groups (broad SMARTS) is 1. The Balaban J connectivity index is 1.83. The van der Waals surface area contributed by atoms with Gasteiger partial charge < -0.3 is 10.2 Å². The molecule has 0 aliphatic carbocycles. The lowest BCUT2D eigenvalue weighted by Crippen LogP contribution is -2.00. The predicted octanol–water partition coefficient (Wildman–Crippen LogP) is 6.71. The molecule has 3 nitrogen and oxygen atoms in total. The van der Waals surface area contributed by atoms with Crippen LogP contribution in [-0.2, 0) is 6.42 Å². The quantitative estimate of drug-likeness (QED) is 0.416.